The Morgan fingerprint density at radius 2 is 1.50 bits per heavy atom. The first kappa shape index (κ1) is 23.4. The van der Waals surface area contributed by atoms with E-state index in [2.05, 4.69) is 57.3 Å². The summed E-state index contributed by atoms with van der Waals surface area (Å²) >= 11 is 0. The minimum absolute atomic E-state index is 0.0621. The van der Waals surface area contributed by atoms with E-state index in [1.54, 1.807) is 0 Å². The lowest BCUT2D eigenvalue weighted by Crippen LogP contribution is -2.48. The molecule has 0 aliphatic rings. The van der Waals surface area contributed by atoms with Gasteiger partial charge in [-0.1, -0.05) is 54.6 Å². The van der Waals surface area contributed by atoms with Gasteiger partial charge in [0.2, 0.25) is 5.91 Å². The zero-order valence-electron chi connectivity index (χ0n) is 18.5. The molecule has 6 heteroatoms. The van der Waals surface area contributed by atoms with Crippen LogP contribution in [-0.2, 0) is 29.3 Å². The number of carbonyl (C=O) groups excluding carboxylic acids is 1. The third-order valence-corrected chi connectivity index (χ3v) is 4.10. The Balaban J connectivity index is 1.81. The maximum absolute atomic E-state index is 12.0. The molecule has 0 aliphatic carbocycles. The quantitative estimate of drug-likeness (QED) is 0.438. The Labute approximate surface area is 180 Å². The summed E-state index contributed by atoms with van der Waals surface area (Å²) in [5.74, 6) is 0.560. The number of hydrogen-bond donors (Lipinski definition) is 3. The molecule has 2 aromatic rings. The lowest BCUT2D eigenvalue weighted by Gasteiger charge is -2.21. The number of carbonyl (C=O) groups is 1. The van der Waals surface area contributed by atoms with Gasteiger partial charge in [0, 0.05) is 12.1 Å². The van der Waals surface area contributed by atoms with Crippen molar-refractivity contribution in [1.82, 2.24) is 16.0 Å². The fourth-order valence-corrected chi connectivity index (χ4v) is 2.74. The fraction of sp³-hybridized carbons (Fsp3) is 0.417. The molecule has 6 nitrogen and oxygen atoms in total. The number of ether oxygens (including phenoxy) is 1. The number of nitrogens with zero attached hydrogens (tertiary/aromatic N) is 1. The van der Waals surface area contributed by atoms with Crippen LogP contribution in [0.25, 0.3) is 0 Å². The second-order valence-electron chi connectivity index (χ2n) is 8.14. The van der Waals surface area contributed by atoms with Crippen LogP contribution in [0.4, 0.5) is 0 Å². The van der Waals surface area contributed by atoms with Crippen molar-refractivity contribution >= 4 is 11.9 Å². The van der Waals surface area contributed by atoms with E-state index in [4.69, 9.17) is 4.74 Å². The van der Waals surface area contributed by atoms with Crippen molar-refractivity contribution in [2.75, 3.05) is 13.1 Å². The molecule has 2 rings (SSSR count). The number of hydrogen-bond acceptors (Lipinski definition) is 3. The summed E-state index contributed by atoms with van der Waals surface area (Å²) in [5, 5.41) is 9.17. The first-order chi connectivity index (χ1) is 14.4. The summed E-state index contributed by atoms with van der Waals surface area (Å²) < 4.78 is 5.78. The van der Waals surface area contributed by atoms with Gasteiger partial charge in [-0.05, 0) is 44.4 Å². The molecule has 1 amide bonds. The molecule has 30 heavy (non-hydrogen) atoms. The van der Waals surface area contributed by atoms with Crippen LogP contribution in [0.2, 0.25) is 0 Å². The average Bonchev–Trinajstić information content (AvgIpc) is 2.70. The highest BCUT2D eigenvalue weighted by Crippen LogP contribution is 2.09. The minimum Gasteiger partial charge on any atom is -0.372 e. The Hall–Kier alpha value is -2.86. The highest BCUT2D eigenvalue weighted by Gasteiger charge is 2.13. The van der Waals surface area contributed by atoms with Gasteiger partial charge in [-0.25, -0.2) is 4.99 Å². The van der Waals surface area contributed by atoms with Crippen molar-refractivity contribution in [2.24, 2.45) is 4.99 Å². The molecule has 0 atom stereocenters. The molecule has 0 fully saturated rings. The minimum atomic E-state index is -0.249. The molecular formula is C24H34N4O2. The van der Waals surface area contributed by atoms with E-state index in [-0.39, 0.29) is 18.0 Å². The third kappa shape index (κ3) is 9.56. The van der Waals surface area contributed by atoms with Gasteiger partial charge in [-0.15, -0.1) is 0 Å². The summed E-state index contributed by atoms with van der Waals surface area (Å²) in [4.78, 5) is 16.6. The summed E-state index contributed by atoms with van der Waals surface area (Å²) in [5.41, 5.74) is 3.14. The molecule has 0 bridgehead atoms. The Kier molecular flexibility index (Phi) is 9.35. The summed E-state index contributed by atoms with van der Waals surface area (Å²) in [6.45, 7) is 10.5. The van der Waals surface area contributed by atoms with Gasteiger partial charge >= 0.3 is 0 Å². The Bertz CT molecular complexity index is 796. The summed E-state index contributed by atoms with van der Waals surface area (Å²) in [6, 6.07) is 18.4. The number of guanidine groups is 1. The summed E-state index contributed by atoms with van der Waals surface area (Å²) in [7, 11) is 0. The topological polar surface area (TPSA) is 74.8 Å². The van der Waals surface area contributed by atoms with Gasteiger partial charge in [0.25, 0.3) is 0 Å². The molecule has 0 heterocycles. The molecule has 0 saturated heterocycles. The zero-order valence-corrected chi connectivity index (χ0v) is 18.5. The van der Waals surface area contributed by atoms with Gasteiger partial charge in [0.05, 0.1) is 26.3 Å². The number of benzene rings is 2. The normalized spacial score (nSPS) is 11.8. The van der Waals surface area contributed by atoms with E-state index in [1.807, 2.05) is 45.9 Å². The fourth-order valence-electron chi connectivity index (χ4n) is 2.74. The van der Waals surface area contributed by atoms with Crippen LogP contribution in [0, 0.1) is 0 Å². The van der Waals surface area contributed by atoms with E-state index in [9.17, 15) is 4.79 Å². The maximum Gasteiger partial charge on any atom is 0.239 e. The third-order valence-electron chi connectivity index (χ3n) is 4.10. The van der Waals surface area contributed by atoms with Crippen molar-refractivity contribution in [1.29, 1.82) is 0 Å². The standard InChI is InChI=1S/C24H34N4O2/c1-5-25-23(27-16-22(29)28-24(2,3)4)26-15-19-11-13-21(14-12-19)18-30-17-20-9-7-6-8-10-20/h6-14H,5,15-18H2,1-4H3,(H,28,29)(H2,25,26,27). The molecule has 2 aromatic carbocycles. The molecule has 0 spiro atoms. The van der Waals surface area contributed by atoms with Crippen molar-refractivity contribution in [3.05, 3.63) is 71.3 Å². The van der Waals surface area contributed by atoms with Crippen LogP contribution >= 0.6 is 0 Å². The van der Waals surface area contributed by atoms with Crippen molar-refractivity contribution in [3.63, 3.8) is 0 Å². The van der Waals surface area contributed by atoms with Crippen LogP contribution in [-0.4, -0.2) is 30.5 Å². The van der Waals surface area contributed by atoms with E-state index < -0.39 is 0 Å². The lowest BCUT2D eigenvalue weighted by atomic mass is 10.1. The smallest absolute Gasteiger partial charge is 0.239 e. The zero-order chi connectivity index (χ0) is 21.8. The van der Waals surface area contributed by atoms with E-state index in [1.165, 1.54) is 5.56 Å². The molecule has 162 valence electrons. The predicted octanol–water partition coefficient (Wildman–Crippen LogP) is 3.37. The second-order valence-corrected chi connectivity index (χ2v) is 8.14. The lowest BCUT2D eigenvalue weighted by molar-refractivity contribution is -0.121. The van der Waals surface area contributed by atoms with Crippen molar-refractivity contribution in [2.45, 2.75) is 53.0 Å². The van der Waals surface area contributed by atoms with E-state index >= 15 is 0 Å². The largest absolute Gasteiger partial charge is 0.372 e. The molecule has 0 aromatic heterocycles. The van der Waals surface area contributed by atoms with Gasteiger partial charge in [-0.3, -0.25) is 4.79 Å². The van der Waals surface area contributed by atoms with Crippen LogP contribution in [0.3, 0.4) is 0 Å². The van der Waals surface area contributed by atoms with E-state index in [0.29, 0.717) is 25.7 Å². The number of nitrogens with one attached hydrogen (secondary N) is 3. The average molecular weight is 411 g/mol. The highest BCUT2D eigenvalue weighted by molar-refractivity contribution is 5.86. The van der Waals surface area contributed by atoms with Crippen LogP contribution < -0.4 is 16.0 Å². The van der Waals surface area contributed by atoms with E-state index in [0.717, 1.165) is 17.7 Å². The van der Waals surface area contributed by atoms with Crippen LogP contribution in [0.1, 0.15) is 44.4 Å². The number of amides is 1. The van der Waals surface area contributed by atoms with Gasteiger partial charge < -0.3 is 20.7 Å². The molecule has 0 unspecified atom stereocenters. The first-order valence-electron chi connectivity index (χ1n) is 10.4. The Morgan fingerprint density at radius 1 is 0.900 bits per heavy atom. The number of aliphatic imine (C=N–C) groups is 1. The molecular weight excluding hydrogens is 376 g/mol. The predicted molar refractivity (Wildman–Crippen MR) is 122 cm³/mol. The summed E-state index contributed by atoms with van der Waals surface area (Å²) in [6.07, 6.45) is 0. The monoisotopic (exact) mass is 410 g/mol. The SMILES string of the molecule is CCNC(=NCc1ccc(COCc2ccccc2)cc1)NCC(=O)NC(C)(C)C. The number of rotatable bonds is 9. The molecule has 0 radical (unpaired) electrons. The Morgan fingerprint density at radius 3 is 2.10 bits per heavy atom. The highest BCUT2D eigenvalue weighted by atomic mass is 16.5. The molecule has 3 N–H and O–H groups in total. The van der Waals surface area contributed by atoms with Gasteiger partial charge in [0.1, 0.15) is 0 Å². The van der Waals surface area contributed by atoms with Crippen molar-refractivity contribution in [3.8, 4) is 0 Å². The first-order valence-corrected chi connectivity index (χ1v) is 10.4. The van der Waals surface area contributed by atoms with Gasteiger partial charge in [-0.2, -0.15) is 0 Å². The van der Waals surface area contributed by atoms with Crippen LogP contribution in [0.5, 0.6) is 0 Å². The maximum atomic E-state index is 12.0. The second kappa shape index (κ2) is 12.0. The molecule has 0 aliphatic heterocycles. The van der Waals surface area contributed by atoms with Gasteiger partial charge in [0.15, 0.2) is 5.96 Å². The van der Waals surface area contributed by atoms with Crippen LogP contribution in [0.15, 0.2) is 59.6 Å². The molecule has 0 saturated carbocycles. The van der Waals surface area contributed by atoms with Crippen molar-refractivity contribution < 1.29 is 9.53 Å².